The van der Waals surface area contributed by atoms with Crippen LogP contribution in [0.5, 0.6) is 0 Å². The number of hydrogen-bond donors (Lipinski definition) is 1. The van der Waals surface area contributed by atoms with E-state index in [9.17, 15) is 4.79 Å². The second kappa shape index (κ2) is 10.4. The van der Waals surface area contributed by atoms with Gasteiger partial charge in [0.2, 0.25) is 11.8 Å². The average Bonchev–Trinajstić information content (AvgIpc) is 3.40. The van der Waals surface area contributed by atoms with Crippen LogP contribution < -0.4 is 10.2 Å². The molecular weight excluding hydrogens is 431 g/mol. The van der Waals surface area contributed by atoms with Gasteiger partial charge in [0, 0.05) is 37.8 Å². The topological polar surface area (TPSA) is 61.6 Å². The molecule has 1 aliphatic heterocycles. The molecule has 1 unspecified atom stereocenters. The van der Waals surface area contributed by atoms with E-state index < -0.39 is 0 Å². The third-order valence-electron chi connectivity index (χ3n) is 7.01. The number of halogens is 1. The van der Waals surface area contributed by atoms with Crippen LogP contribution in [0, 0.1) is 11.7 Å². The van der Waals surface area contributed by atoms with Crippen LogP contribution in [0.1, 0.15) is 49.6 Å². The van der Waals surface area contributed by atoms with Gasteiger partial charge >= 0.3 is 0 Å². The minimum Gasteiger partial charge on any atom is -0.447 e. The van der Waals surface area contributed by atoms with Gasteiger partial charge in [-0.1, -0.05) is 49.6 Å². The van der Waals surface area contributed by atoms with Gasteiger partial charge in [-0.3, -0.25) is 9.69 Å². The fraction of sp³-hybridized carbons (Fsp3) is 0.407. The fourth-order valence-corrected chi connectivity index (χ4v) is 5.19. The predicted molar refractivity (Wildman–Crippen MR) is 130 cm³/mol. The van der Waals surface area contributed by atoms with E-state index in [0.29, 0.717) is 30.4 Å². The van der Waals surface area contributed by atoms with Gasteiger partial charge in [0.05, 0.1) is 11.9 Å². The van der Waals surface area contributed by atoms with Crippen LogP contribution in [0.15, 0.2) is 65.4 Å². The van der Waals surface area contributed by atoms with Gasteiger partial charge in [-0.05, 0) is 36.6 Å². The molecular formula is C27H31FN4O2. The smallest absolute Gasteiger partial charge is 0.227 e. The second-order valence-electron chi connectivity index (χ2n) is 9.20. The lowest BCUT2D eigenvalue weighted by molar-refractivity contribution is -0.120. The summed E-state index contributed by atoms with van der Waals surface area (Å²) in [6, 6.07) is 15.2. The normalized spacial score (nSPS) is 18.6. The molecule has 1 atom stereocenters. The van der Waals surface area contributed by atoms with Crippen LogP contribution in [-0.2, 0) is 4.79 Å². The highest BCUT2D eigenvalue weighted by Gasteiger charge is 2.30. The van der Waals surface area contributed by atoms with Gasteiger partial charge in [-0.2, -0.15) is 0 Å². The van der Waals surface area contributed by atoms with E-state index in [2.05, 4.69) is 32.2 Å². The van der Waals surface area contributed by atoms with Gasteiger partial charge in [0.25, 0.3) is 0 Å². The number of benzene rings is 2. The summed E-state index contributed by atoms with van der Waals surface area (Å²) in [4.78, 5) is 21.3. The van der Waals surface area contributed by atoms with Crippen molar-refractivity contribution < 1.29 is 13.6 Å². The molecule has 1 saturated heterocycles. The predicted octanol–water partition coefficient (Wildman–Crippen LogP) is 5.24. The van der Waals surface area contributed by atoms with E-state index in [1.807, 2.05) is 24.3 Å². The molecule has 34 heavy (non-hydrogen) atoms. The Morgan fingerprint density at radius 2 is 1.79 bits per heavy atom. The highest BCUT2D eigenvalue weighted by Crippen LogP contribution is 2.31. The summed E-state index contributed by atoms with van der Waals surface area (Å²) < 4.78 is 20.7. The van der Waals surface area contributed by atoms with Crippen molar-refractivity contribution in [2.75, 3.05) is 36.4 Å². The number of carbonyl (C=O) groups is 1. The van der Waals surface area contributed by atoms with Crippen LogP contribution in [0.3, 0.4) is 0 Å². The SMILES string of the molecule is O=C(Nc1ccc(N2CCN(C(c3ccccc3)c3ncco3)CC2)c(F)c1)C1CCCCC1. The third-order valence-corrected chi connectivity index (χ3v) is 7.01. The molecule has 0 radical (unpaired) electrons. The van der Waals surface area contributed by atoms with Crippen molar-refractivity contribution >= 4 is 17.3 Å². The maximum atomic E-state index is 15.0. The Morgan fingerprint density at radius 1 is 1.03 bits per heavy atom. The van der Waals surface area contributed by atoms with Crippen LogP contribution >= 0.6 is 0 Å². The molecule has 1 N–H and O–H groups in total. The first-order valence-electron chi connectivity index (χ1n) is 12.2. The summed E-state index contributed by atoms with van der Waals surface area (Å²) in [7, 11) is 0. The minimum atomic E-state index is -0.304. The number of piperazine rings is 1. The third kappa shape index (κ3) is 4.99. The summed E-state index contributed by atoms with van der Waals surface area (Å²) in [5.41, 5.74) is 2.23. The number of anilines is 2. The van der Waals surface area contributed by atoms with Crippen molar-refractivity contribution in [2.24, 2.45) is 5.92 Å². The van der Waals surface area contributed by atoms with Gasteiger partial charge in [-0.15, -0.1) is 0 Å². The number of nitrogens with zero attached hydrogens (tertiary/aromatic N) is 3. The van der Waals surface area contributed by atoms with Crippen molar-refractivity contribution in [3.63, 3.8) is 0 Å². The van der Waals surface area contributed by atoms with E-state index >= 15 is 4.39 Å². The number of oxazole rings is 1. The van der Waals surface area contributed by atoms with E-state index in [1.165, 1.54) is 12.5 Å². The molecule has 3 aromatic rings. The number of carbonyl (C=O) groups excluding carboxylic acids is 1. The molecule has 1 aromatic heterocycles. The Labute approximate surface area is 199 Å². The van der Waals surface area contributed by atoms with Crippen molar-refractivity contribution in [3.8, 4) is 0 Å². The first-order valence-corrected chi connectivity index (χ1v) is 12.2. The number of rotatable bonds is 6. The van der Waals surface area contributed by atoms with Crippen LogP contribution in [0.2, 0.25) is 0 Å². The van der Waals surface area contributed by atoms with Gasteiger partial charge in [-0.25, -0.2) is 9.37 Å². The Bertz CT molecular complexity index is 1080. The van der Waals surface area contributed by atoms with E-state index in [0.717, 1.165) is 44.3 Å². The van der Waals surface area contributed by atoms with Crippen molar-refractivity contribution in [1.82, 2.24) is 9.88 Å². The highest BCUT2D eigenvalue weighted by atomic mass is 19.1. The fourth-order valence-electron chi connectivity index (χ4n) is 5.19. The summed E-state index contributed by atoms with van der Waals surface area (Å²) in [5, 5.41) is 2.92. The first kappa shape index (κ1) is 22.6. The lowest BCUT2D eigenvalue weighted by atomic mass is 9.88. The molecule has 0 spiro atoms. The zero-order valence-corrected chi connectivity index (χ0v) is 19.3. The average molecular weight is 463 g/mol. The Balaban J connectivity index is 1.24. The maximum Gasteiger partial charge on any atom is 0.227 e. The highest BCUT2D eigenvalue weighted by molar-refractivity contribution is 5.92. The number of amides is 1. The minimum absolute atomic E-state index is 0.0129. The monoisotopic (exact) mass is 462 g/mol. The Hall–Kier alpha value is -3.19. The van der Waals surface area contributed by atoms with Crippen molar-refractivity contribution in [2.45, 2.75) is 38.1 Å². The molecule has 2 fully saturated rings. The Kier molecular flexibility index (Phi) is 6.90. The first-order chi connectivity index (χ1) is 16.7. The summed E-state index contributed by atoms with van der Waals surface area (Å²) >= 11 is 0. The molecule has 5 rings (SSSR count). The van der Waals surface area contributed by atoms with E-state index in [4.69, 9.17) is 4.42 Å². The summed E-state index contributed by atoms with van der Waals surface area (Å²) in [5.74, 6) is 0.427. The molecule has 7 heteroatoms. The zero-order chi connectivity index (χ0) is 23.3. The number of aromatic nitrogens is 1. The van der Waals surface area contributed by atoms with Gasteiger partial charge in [0.15, 0.2) is 0 Å². The van der Waals surface area contributed by atoms with Crippen molar-refractivity contribution in [3.05, 3.63) is 78.3 Å². The van der Waals surface area contributed by atoms with E-state index in [-0.39, 0.29) is 23.7 Å². The number of nitrogens with one attached hydrogen (secondary N) is 1. The molecule has 2 heterocycles. The second-order valence-corrected chi connectivity index (χ2v) is 9.20. The molecule has 178 valence electrons. The summed E-state index contributed by atoms with van der Waals surface area (Å²) in [6.45, 7) is 2.88. The van der Waals surface area contributed by atoms with Crippen LogP contribution in [0.4, 0.5) is 15.8 Å². The molecule has 2 aromatic carbocycles. The van der Waals surface area contributed by atoms with Crippen LogP contribution in [0.25, 0.3) is 0 Å². The van der Waals surface area contributed by atoms with E-state index in [1.54, 1.807) is 18.5 Å². The lowest BCUT2D eigenvalue weighted by Crippen LogP contribution is -2.48. The molecule has 1 aliphatic carbocycles. The molecule has 0 bridgehead atoms. The number of hydrogen-bond acceptors (Lipinski definition) is 5. The summed E-state index contributed by atoms with van der Waals surface area (Å²) in [6.07, 6.45) is 8.51. The molecule has 1 amide bonds. The lowest BCUT2D eigenvalue weighted by Gasteiger charge is -2.39. The van der Waals surface area contributed by atoms with Crippen LogP contribution in [-0.4, -0.2) is 42.0 Å². The quantitative estimate of drug-likeness (QED) is 0.543. The maximum absolute atomic E-state index is 15.0. The standard InChI is InChI=1S/C27H31FN4O2/c28-23-19-22(30-26(33)21-9-5-2-6-10-21)11-12-24(23)31-14-16-32(17-15-31)25(27-29-13-18-34-27)20-7-3-1-4-8-20/h1,3-4,7-8,11-13,18-19,21,25H,2,5-6,9-10,14-17H2,(H,30,33). The van der Waals surface area contributed by atoms with Crippen molar-refractivity contribution in [1.29, 1.82) is 0 Å². The van der Waals surface area contributed by atoms with Gasteiger partial charge < -0.3 is 14.6 Å². The van der Waals surface area contributed by atoms with Gasteiger partial charge in [0.1, 0.15) is 18.1 Å². The molecule has 1 saturated carbocycles. The Morgan fingerprint density at radius 3 is 2.47 bits per heavy atom. The largest absolute Gasteiger partial charge is 0.447 e. The molecule has 2 aliphatic rings. The molecule has 6 nitrogen and oxygen atoms in total. The zero-order valence-electron chi connectivity index (χ0n) is 19.3.